The van der Waals surface area contributed by atoms with E-state index in [4.69, 9.17) is 0 Å². The van der Waals surface area contributed by atoms with Crippen molar-refractivity contribution in [1.29, 1.82) is 0 Å². The summed E-state index contributed by atoms with van der Waals surface area (Å²) >= 11 is 0. The first-order valence-corrected chi connectivity index (χ1v) is 9.05. The number of amides is 1. The average molecular weight is 365 g/mol. The topological polar surface area (TPSA) is 91.7 Å². The van der Waals surface area contributed by atoms with Gasteiger partial charge in [-0.2, -0.15) is 5.10 Å². The fraction of sp³-hybridized carbons (Fsp3) is 0.368. The van der Waals surface area contributed by atoms with Crippen LogP contribution in [0.2, 0.25) is 0 Å². The maximum Gasteiger partial charge on any atom is 0.255 e. The van der Waals surface area contributed by atoms with E-state index < -0.39 is 0 Å². The number of nitrogens with zero attached hydrogens (tertiary/aromatic N) is 5. The Morgan fingerprint density at radius 3 is 2.89 bits per heavy atom. The van der Waals surface area contributed by atoms with E-state index in [9.17, 15) is 4.79 Å². The van der Waals surface area contributed by atoms with Crippen molar-refractivity contribution in [3.63, 3.8) is 0 Å². The lowest BCUT2D eigenvalue weighted by Crippen LogP contribution is -2.37. The zero-order chi connectivity index (χ0) is 19.0. The summed E-state index contributed by atoms with van der Waals surface area (Å²) in [4.78, 5) is 27.0. The smallest absolute Gasteiger partial charge is 0.255 e. The predicted molar refractivity (Wildman–Crippen MR) is 103 cm³/mol. The number of carbonyl (C=O) groups is 1. The molecule has 4 heterocycles. The van der Waals surface area contributed by atoms with Crippen molar-refractivity contribution in [2.45, 2.75) is 26.3 Å². The van der Waals surface area contributed by atoms with Crippen LogP contribution >= 0.6 is 0 Å². The summed E-state index contributed by atoms with van der Waals surface area (Å²) in [6, 6.07) is 5.88. The molecule has 1 aliphatic rings. The van der Waals surface area contributed by atoms with Gasteiger partial charge in [0.25, 0.3) is 5.91 Å². The number of hydrogen-bond acceptors (Lipinski definition) is 5. The van der Waals surface area contributed by atoms with Crippen molar-refractivity contribution < 1.29 is 4.79 Å². The molecular weight excluding hydrogens is 342 g/mol. The molecule has 1 saturated heterocycles. The monoisotopic (exact) mass is 365 g/mol. The molecule has 0 spiro atoms. The van der Waals surface area contributed by atoms with Crippen LogP contribution in [0.15, 0.2) is 30.6 Å². The number of H-pyrrole nitrogens is 1. The van der Waals surface area contributed by atoms with Gasteiger partial charge in [-0.1, -0.05) is 0 Å². The molecule has 0 radical (unpaired) electrons. The number of carbonyl (C=O) groups excluding carboxylic acids is 1. The summed E-state index contributed by atoms with van der Waals surface area (Å²) < 4.78 is 1.74. The van der Waals surface area contributed by atoms with Gasteiger partial charge in [0.05, 0.1) is 22.6 Å². The Kier molecular flexibility index (Phi) is 4.39. The first-order valence-electron chi connectivity index (χ1n) is 9.05. The minimum absolute atomic E-state index is 0.0639. The largest absolute Gasteiger partial charge is 0.360 e. The molecule has 0 aromatic carbocycles. The fourth-order valence-corrected chi connectivity index (χ4v) is 3.56. The van der Waals surface area contributed by atoms with Gasteiger partial charge in [0.1, 0.15) is 0 Å². The second-order valence-electron chi connectivity index (χ2n) is 6.90. The number of nitrogens with one attached hydrogen (secondary N) is 2. The standard InChI is InChI=1S/C19H23N7O/c1-12-17(13(2)25(3)24-12)18(27)22-14-7-10-26(11-14)19-21-9-6-16(23-19)15-5-4-8-20-15/h4-6,8-9,14,20H,7,10-11H2,1-3H3,(H,22,27). The molecule has 27 heavy (non-hydrogen) atoms. The Bertz CT molecular complexity index is 961. The van der Waals surface area contributed by atoms with Crippen LogP contribution in [0, 0.1) is 13.8 Å². The Balaban J connectivity index is 1.45. The zero-order valence-corrected chi connectivity index (χ0v) is 15.7. The Hall–Kier alpha value is -3.16. The van der Waals surface area contributed by atoms with Gasteiger partial charge in [0.15, 0.2) is 0 Å². The molecule has 4 rings (SSSR count). The number of anilines is 1. The maximum absolute atomic E-state index is 12.7. The number of hydrogen-bond donors (Lipinski definition) is 2. The van der Waals surface area contributed by atoms with Crippen molar-refractivity contribution in [2.75, 3.05) is 18.0 Å². The summed E-state index contributed by atoms with van der Waals surface area (Å²) in [5.74, 6) is 0.624. The molecule has 0 bridgehead atoms. The third-order valence-electron chi connectivity index (χ3n) is 5.06. The number of rotatable bonds is 4. The number of aromatic nitrogens is 5. The molecule has 3 aromatic heterocycles. The molecular formula is C19H23N7O. The van der Waals surface area contributed by atoms with Crippen LogP contribution in [0.3, 0.4) is 0 Å². The van der Waals surface area contributed by atoms with Crippen molar-refractivity contribution in [1.82, 2.24) is 30.0 Å². The second-order valence-corrected chi connectivity index (χ2v) is 6.90. The van der Waals surface area contributed by atoms with Gasteiger partial charge in [0, 0.05) is 44.3 Å². The highest BCUT2D eigenvalue weighted by Crippen LogP contribution is 2.21. The lowest BCUT2D eigenvalue weighted by atomic mass is 10.1. The van der Waals surface area contributed by atoms with E-state index in [1.807, 2.05) is 45.3 Å². The summed E-state index contributed by atoms with van der Waals surface area (Å²) in [5.41, 5.74) is 4.12. The molecule has 1 aliphatic heterocycles. The third-order valence-corrected chi connectivity index (χ3v) is 5.06. The molecule has 1 amide bonds. The SMILES string of the molecule is Cc1nn(C)c(C)c1C(=O)NC1CCN(c2nccc(-c3ccc[nH]3)n2)C1. The van der Waals surface area contributed by atoms with Gasteiger partial charge >= 0.3 is 0 Å². The molecule has 2 N–H and O–H groups in total. The highest BCUT2D eigenvalue weighted by Gasteiger charge is 2.27. The van der Waals surface area contributed by atoms with Crippen LogP contribution in [0.25, 0.3) is 11.4 Å². The molecule has 0 saturated carbocycles. The number of aromatic amines is 1. The van der Waals surface area contributed by atoms with Crippen molar-refractivity contribution >= 4 is 11.9 Å². The minimum atomic E-state index is -0.0639. The first-order chi connectivity index (χ1) is 13.0. The third kappa shape index (κ3) is 3.30. The Morgan fingerprint density at radius 2 is 2.19 bits per heavy atom. The van der Waals surface area contributed by atoms with Crippen molar-refractivity contribution in [3.8, 4) is 11.4 Å². The van der Waals surface area contributed by atoms with Crippen LogP contribution in [0.5, 0.6) is 0 Å². The van der Waals surface area contributed by atoms with E-state index >= 15 is 0 Å². The van der Waals surface area contributed by atoms with E-state index in [1.54, 1.807) is 10.9 Å². The molecule has 8 nitrogen and oxygen atoms in total. The lowest BCUT2D eigenvalue weighted by Gasteiger charge is -2.17. The molecule has 8 heteroatoms. The molecule has 3 aromatic rings. The zero-order valence-electron chi connectivity index (χ0n) is 15.7. The number of aryl methyl sites for hydroxylation is 2. The van der Waals surface area contributed by atoms with Crippen LogP contribution in [0.4, 0.5) is 5.95 Å². The first kappa shape index (κ1) is 17.3. The van der Waals surface area contributed by atoms with E-state index in [1.165, 1.54) is 0 Å². The summed E-state index contributed by atoms with van der Waals surface area (Å²) in [7, 11) is 1.85. The minimum Gasteiger partial charge on any atom is -0.360 e. The second kappa shape index (κ2) is 6.86. The summed E-state index contributed by atoms with van der Waals surface area (Å²) in [5, 5.41) is 7.46. The maximum atomic E-state index is 12.7. The molecule has 0 aliphatic carbocycles. The highest BCUT2D eigenvalue weighted by molar-refractivity contribution is 5.96. The predicted octanol–water partition coefficient (Wildman–Crippen LogP) is 1.83. The van der Waals surface area contributed by atoms with Crippen LogP contribution in [0.1, 0.15) is 28.2 Å². The van der Waals surface area contributed by atoms with Crippen molar-refractivity contribution in [3.05, 3.63) is 47.5 Å². The van der Waals surface area contributed by atoms with Crippen LogP contribution in [-0.4, -0.2) is 49.8 Å². The van der Waals surface area contributed by atoms with Crippen LogP contribution < -0.4 is 10.2 Å². The van der Waals surface area contributed by atoms with Gasteiger partial charge in [-0.15, -0.1) is 0 Å². The van der Waals surface area contributed by atoms with E-state index in [-0.39, 0.29) is 11.9 Å². The normalized spacial score (nSPS) is 16.7. The van der Waals surface area contributed by atoms with Crippen molar-refractivity contribution in [2.24, 2.45) is 7.05 Å². The molecule has 1 unspecified atom stereocenters. The molecule has 1 fully saturated rings. The van der Waals surface area contributed by atoms with Gasteiger partial charge in [-0.05, 0) is 38.5 Å². The average Bonchev–Trinajstić information content (AvgIpc) is 3.37. The van der Waals surface area contributed by atoms with E-state index in [2.05, 4.69) is 30.3 Å². The quantitative estimate of drug-likeness (QED) is 0.736. The van der Waals surface area contributed by atoms with Gasteiger partial charge in [-0.3, -0.25) is 9.48 Å². The Labute approximate surface area is 157 Å². The highest BCUT2D eigenvalue weighted by atomic mass is 16.1. The van der Waals surface area contributed by atoms with E-state index in [0.717, 1.165) is 35.7 Å². The Morgan fingerprint density at radius 1 is 1.33 bits per heavy atom. The van der Waals surface area contributed by atoms with Crippen LogP contribution in [-0.2, 0) is 7.05 Å². The molecule has 1 atom stereocenters. The summed E-state index contributed by atoms with van der Waals surface area (Å²) in [6.07, 6.45) is 4.51. The van der Waals surface area contributed by atoms with Gasteiger partial charge in [-0.25, -0.2) is 9.97 Å². The van der Waals surface area contributed by atoms with E-state index in [0.29, 0.717) is 18.1 Å². The lowest BCUT2D eigenvalue weighted by molar-refractivity contribution is 0.0939. The van der Waals surface area contributed by atoms with Gasteiger partial charge < -0.3 is 15.2 Å². The fourth-order valence-electron chi connectivity index (χ4n) is 3.56. The van der Waals surface area contributed by atoms with Gasteiger partial charge in [0.2, 0.25) is 5.95 Å². The molecule has 140 valence electrons. The summed E-state index contributed by atoms with van der Waals surface area (Å²) in [6.45, 7) is 5.28.